The van der Waals surface area contributed by atoms with Crippen LogP contribution in [0.15, 0.2) is 24.5 Å². The van der Waals surface area contributed by atoms with E-state index in [1.54, 1.807) is 35.5 Å². The first-order valence-electron chi connectivity index (χ1n) is 7.46. The van der Waals surface area contributed by atoms with Gasteiger partial charge in [0.1, 0.15) is 0 Å². The van der Waals surface area contributed by atoms with Crippen LogP contribution in [-0.2, 0) is 23.4 Å². The van der Waals surface area contributed by atoms with Gasteiger partial charge >= 0.3 is 0 Å². The van der Waals surface area contributed by atoms with E-state index in [1.165, 1.54) is 22.6 Å². The second-order valence-electron chi connectivity index (χ2n) is 5.63. The number of hydrogen-bond acceptors (Lipinski definition) is 5. The maximum Gasteiger partial charge on any atom is 0.236 e. The predicted octanol–water partition coefficient (Wildman–Crippen LogP) is 3.53. The summed E-state index contributed by atoms with van der Waals surface area (Å²) >= 11 is 3.24. The third kappa shape index (κ3) is 4.08. The molecule has 3 rings (SSSR count). The smallest absolute Gasteiger partial charge is 0.236 e. The highest BCUT2D eigenvalue weighted by Crippen LogP contribution is 2.32. The van der Waals surface area contributed by atoms with E-state index in [4.69, 9.17) is 0 Å². The summed E-state index contributed by atoms with van der Waals surface area (Å²) in [7, 11) is 0. The summed E-state index contributed by atoms with van der Waals surface area (Å²) in [5.41, 5.74) is 2.37. The standard InChI is InChI=1S/C16H19N3OS2/c1-11-2-3-13-14(8-11)22-16(18-13)19-15(20)10-21-9-12-4-6-17-7-5-12/h4-7,11H,2-3,8-10H2,1H3,(H,18,19,20)/t11-/m1/s1. The minimum absolute atomic E-state index is 0.0261. The lowest BCUT2D eigenvalue weighted by atomic mass is 9.93. The van der Waals surface area contributed by atoms with Crippen molar-refractivity contribution in [1.82, 2.24) is 9.97 Å². The molecule has 1 atom stereocenters. The number of carbonyl (C=O) groups is 1. The quantitative estimate of drug-likeness (QED) is 0.909. The van der Waals surface area contributed by atoms with Gasteiger partial charge in [-0.1, -0.05) is 6.92 Å². The fraction of sp³-hybridized carbons (Fsp3) is 0.438. The van der Waals surface area contributed by atoms with Crippen LogP contribution in [-0.4, -0.2) is 21.6 Å². The summed E-state index contributed by atoms with van der Waals surface area (Å²) in [5, 5.41) is 3.69. The normalized spacial score (nSPS) is 17.0. The molecule has 2 aromatic heterocycles. The van der Waals surface area contributed by atoms with Gasteiger partial charge in [0.25, 0.3) is 0 Å². The molecule has 2 heterocycles. The lowest BCUT2D eigenvalue weighted by Crippen LogP contribution is -2.14. The number of rotatable bonds is 5. The summed E-state index contributed by atoms with van der Waals surface area (Å²) in [6.45, 7) is 2.27. The van der Waals surface area contributed by atoms with Crippen molar-refractivity contribution >= 4 is 34.1 Å². The largest absolute Gasteiger partial charge is 0.301 e. The summed E-state index contributed by atoms with van der Waals surface area (Å²) in [6.07, 6.45) is 6.89. The van der Waals surface area contributed by atoms with Gasteiger partial charge in [-0.3, -0.25) is 9.78 Å². The fourth-order valence-corrected chi connectivity index (χ4v) is 4.46. The van der Waals surface area contributed by atoms with Crippen LogP contribution in [0.5, 0.6) is 0 Å². The van der Waals surface area contributed by atoms with E-state index in [0.29, 0.717) is 5.75 Å². The third-order valence-electron chi connectivity index (χ3n) is 3.68. The molecule has 0 aliphatic heterocycles. The van der Waals surface area contributed by atoms with Crippen LogP contribution in [0.1, 0.15) is 29.5 Å². The zero-order valence-electron chi connectivity index (χ0n) is 12.5. The van der Waals surface area contributed by atoms with Crippen LogP contribution >= 0.6 is 23.1 Å². The van der Waals surface area contributed by atoms with E-state index in [-0.39, 0.29) is 5.91 Å². The number of thioether (sulfide) groups is 1. The number of nitrogens with one attached hydrogen (secondary N) is 1. The molecule has 0 radical (unpaired) electrons. The van der Waals surface area contributed by atoms with Crippen molar-refractivity contribution in [1.29, 1.82) is 0 Å². The average Bonchev–Trinajstić information content (AvgIpc) is 2.89. The monoisotopic (exact) mass is 333 g/mol. The van der Waals surface area contributed by atoms with Crippen molar-refractivity contribution in [2.45, 2.75) is 31.9 Å². The lowest BCUT2D eigenvalue weighted by Gasteiger charge is -2.15. The predicted molar refractivity (Wildman–Crippen MR) is 92.3 cm³/mol. The molecule has 1 N–H and O–H groups in total. The Morgan fingerprint density at radius 3 is 3.09 bits per heavy atom. The van der Waals surface area contributed by atoms with Crippen LogP contribution in [0.25, 0.3) is 0 Å². The molecular formula is C16H19N3OS2. The molecule has 0 aromatic carbocycles. The average molecular weight is 333 g/mol. The summed E-state index contributed by atoms with van der Waals surface area (Å²) in [5.74, 6) is 2.02. The fourth-order valence-electron chi connectivity index (χ4n) is 2.49. The molecule has 0 saturated heterocycles. The molecule has 0 spiro atoms. The molecule has 1 amide bonds. The van der Waals surface area contributed by atoms with Gasteiger partial charge in [-0.05, 0) is 42.9 Å². The Morgan fingerprint density at radius 1 is 1.45 bits per heavy atom. The lowest BCUT2D eigenvalue weighted by molar-refractivity contribution is -0.113. The van der Waals surface area contributed by atoms with Crippen molar-refractivity contribution in [3.8, 4) is 0 Å². The SMILES string of the molecule is C[C@@H]1CCc2nc(NC(=O)CSCc3ccncc3)sc2C1. The number of aryl methyl sites for hydroxylation is 1. The number of thiazole rings is 1. The first-order chi connectivity index (χ1) is 10.7. The zero-order valence-corrected chi connectivity index (χ0v) is 14.2. The second kappa shape index (κ2) is 7.24. The van der Waals surface area contributed by atoms with E-state index in [0.717, 1.165) is 29.6 Å². The molecule has 4 nitrogen and oxygen atoms in total. The van der Waals surface area contributed by atoms with E-state index in [2.05, 4.69) is 22.2 Å². The Morgan fingerprint density at radius 2 is 2.27 bits per heavy atom. The molecule has 6 heteroatoms. The number of carbonyl (C=O) groups excluding carboxylic acids is 1. The van der Waals surface area contributed by atoms with Gasteiger partial charge in [0.05, 0.1) is 11.4 Å². The number of hydrogen-bond donors (Lipinski definition) is 1. The Bertz CT molecular complexity index is 642. The highest BCUT2D eigenvalue weighted by Gasteiger charge is 2.20. The van der Waals surface area contributed by atoms with Gasteiger partial charge in [0.2, 0.25) is 5.91 Å². The number of pyridine rings is 1. The Labute approximate surface area is 138 Å². The second-order valence-corrected chi connectivity index (χ2v) is 7.70. The van der Waals surface area contributed by atoms with Crippen molar-refractivity contribution < 1.29 is 4.79 Å². The van der Waals surface area contributed by atoms with Gasteiger partial charge in [-0.2, -0.15) is 0 Å². The zero-order chi connectivity index (χ0) is 15.4. The topological polar surface area (TPSA) is 54.9 Å². The van der Waals surface area contributed by atoms with Crippen LogP contribution in [0, 0.1) is 5.92 Å². The van der Waals surface area contributed by atoms with Crippen molar-refractivity contribution in [2.24, 2.45) is 5.92 Å². The first-order valence-corrected chi connectivity index (χ1v) is 9.43. The first kappa shape index (κ1) is 15.5. The summed E-state index contributed by atoms with van der Waals surface area (Å²) in [4.78, 5) is 21.9. The molecule has 0 saturated carbocycles. The van der Waals surface area contributed by atoms with Gasteiger partial charge in [-0.15, -0.1) is 23.1 Å². The molecule has 1 aliphatic carbocycles. The number of fused-ring (bicyclic) bond motifs is 1. The summed E-state index contributed by atoms with van der Waals surface area (Å²) in [6, 6.07) is 3.95. The summed E-state index contributed by atoms with van der Waals surface area (Å²) < 4.78 is 0. The van der Waals surface area contributed by atoms with E-state index < -0.39 is 0 Å². The van der Waals surface area contributed by atoms with Gasteiger partial charge in [0, 0.05) is 23.0 Å². The molecule has 116 valence electrons. The van der Waals surface area contributed by atoms with Crippen LogP contribution in [0.2, 0.25) is 0 Å². The molecule has 1 aliphatic rings. The molecule has 0 unspecified atom stereocenters. The highest BCUT2D eigenvalue weighted by atomic mass is 32.2. The minimum Gasteiger partial charge on any atom is -0.301 e. The number of anilines is 1. The van der Waals surface area contributed by atoms with Crippen LogP contribution in [0.4, 0.5) is 5.13 Å². The van der Waals surface area contributed by atoms with Crippen molar-refractivity contribution in [2.75, 3.05) is 11.1 Å². The number of aromatic nitrogens is 2. The molecule has 2 aromatic rings. The highest BCUT2D eigenvalue weighted by molar-refractivity contribution is 7.99. The minimum atomic E-state index is 0.0261. The van der Waals surface area contributed by atoms with E-state index in [9.17, 15) is 4.79 Å². The Balaban J connectivity index is 1.48. The Kier molecular flexibility index (Phi) is 5.10. The molecular weight excluding hydrogens is 314 g/mol. The maximum absolute atomic E-state index is 12.0. The Hall–Kier alpha value is -1.40. The van der Waals surface area contributed by atoms with E-state index >= 15 is 0 Å². The van der Waals surface area contributed by atoms with Crippen LogP contribution < -0.4 is 5.32 Å². The van der Waals surface area contributed by atoms with Crippen LogP contribution in [0.3, 0.4) is 0 Å². The van der Waals surface area contributed by atoms with Gasteiger partial charge in [-0.25, -0.2) is 4.98 Å². The van der Waals surface area contributed by atoms with Crippen molar-refractivity contribution in [3.05, 3.63) is 40.7 Å². The molecule has 0 bridgehead atoms. The number of amides is 1. The van der Waals surface area contributed by atoms with Crippen molar-refractivity contribution in [3.63, 3.8) is 0 Å². The van der Waals surface area contributed by atoms with Gasteiger partial charge in [0.15, 0.2) is 5.13 Å². The third-order valence-corrected chi connectivity index (χ3v) is 5.72. The molecule has 22 heavy (non-hydrogen) atoms. The number of nitrogens with zero attached hydrogens (tertiary/aromatic N) is 2. The van der Waals surface area contributed by atoms with Gasteiger partial charge < -0.3 is 5.32 Å². The van der Waals surface area contributed by atoms with E-state index in [1.807, 2.05) is 12.1 Å². The molecule has 0 fully saturated rings. The maximum atomic E-state index is 12.0.